The highest BCUT2D eigenvalue weighted by atomic mass is 32.2. The van der Waals surface area contributed by atoms with Crippen molar-refractivity contribution >= 4 is 37.9 Å². The Morgan fingerprint density at radius 3 is 2.25 bits per heavy atom. The molecular formula is C25H23N3O3S. The summed E-state index contributed by atoms with van der Waals surface area (Å²) in [5.74, 6) is 0. The molecule has 0 amide bonds. The van der Waals surface area contributed by atoms with Crippen LogP contribution in [0.15, 0.2) is 89.7 Å². The van der Waals surface area contributed by atoms with E-state index in [0.29, 0.717) is 11.1 Å². The van der Waals surface area contributed by atoms with Crippen LogP contribution in [0, 0.1) is 6.92 Å². The summed E-state index contributed by atoms with van der Waals surface area (Å²) in [7, 11) is -1.96. The summed E-state index contributed by atoms with van der Waals surface area (Å²) >= 11 is 0. The van der Waals surface area contributed by atoms with Crippen molar-refractivity contribution in [1.82, 2.24) is 4.57 Å². The molecule has 7 heteroatoms. The zero-order chi connectivity index (χ0) is 22.9. The second-order valence-corrected chi connectivity index (χ2v) is 9.20. The third kappa shape index (κ3) is 4.29. The summed E-state index contributed by atoms with van der Waals surface area (Å²) in [5, 5.41) is 5.66. The van der Waals surface area contributed by atoms with Crippen molar-refractivity contribution in [2.24, 2.45) is 7.05 Å². The fourth-order valence-corrected chi connectivity index (χ4v) is 4.11. The van der Waals surface area contributed by atoms with E-state index >= 15 is 0 Å². The summed E-state index contributed by atoms with van der Waals surface area (Å²) in [4.78, 5) is 12.7. The van der Waals surface area contributed by atoms with Gasteiger partial charge >= 0.3 is 0 Å². The molecule has 1 heterocycles. The van der Waals surface area contributed by atoms with Crippen LogP contribution in [0.25, 0.3) is 21.9 Å². The average Bonchev–Trinajstić information content (AvgIpc) is 2.78. The lowest BCUT2D eigenvalue weighted by molar-refractivity contribution is 0.609. The van der Waals surface area contributed by atoms with E-state index in [1.54, 1.807) is 31.4 Å². The van der Waals surface area contributed by atoms with Gasteiger partial charge in [-0.3, -0.25) is 9.52 Å². The highest BCUT2D eigenvalue weighted by Gasteiger charge is 2.15. The van der Waals surface area contributed by atoms with Crippen molar-refractivity contribution < 1.29 is 8.42 Å². The Bertz CT molecular complexity index is 1490. The highest BCUT2D eigenvalue weighted by Crippen LogP contribution is 2.36. The molecular weight excluding hydrogens is 422 g/mol. The maximum atomic E-state index is 12.7. The largest absolute Gasteiger partial charge is 0.355 e. The van der Waals surface area contributed by atoms with Crippen molar-refractivity contribution in [3.05, 3.63) is 101 Å². The molecule has 4 aromatic rings. The molecule has 32 heavy (non-hydrogen) atoms. The van der Waals surface area contributed by atoms with E-state index in [0.717, 1.165) is 38.9 Å². The molecule has 0 unspecified atom stereocenters. The predicted octanol–water partition coefficient (Wildman–Crippen LogP) is 5.14. The van der Waals surface area contributed by atoms with Crippen LogP contribution in [0.2, 0.25) is 0 Å². The number of anilines is 3. The summed E-state index contributed by atoms with van der Waals surface area (Å²) in [6, 6.07) is 20.6. The lowest BCUT2D eigenvalue weighted by atomic mass is 9.98. The molecule has 2 N–H and O–H groups in total. The van der Waals surface area contributed by atoms with Crippen LogP contribution in [0.1, 0.15) is 5.56 Å². The van der Waals surface area contributed by atoms with E-state index in [2.05, 4.69) is 16.6 Å². The van der Waals surface area contributed by atoms with Gasteiger partial charge < -0.3 is 9.88 Å². The maximum absolute atomic E-state index is 12.7. The molecule has 0 aliphatic heterocycles. The lowest BCUT2D eigenvalue weighted by Gasteiger charge is -2.17. The first-order valence-electron chi connectivity index (χ1n) is 9.99. The first-order valence-corrected chi connectivity index (χ1v) is 11.5. The first-order chi connectivity index (χ1) is 15.3. The summed E-state index contributed by atoms with van der Waals surface area (Å²) in [6.07, 6.45) is 1.77. The third-order valence-corrected chi connectivity index (χ3v) is 6.17. The zero-order valence-electron chi connectivity index (χ0n) is 17.8. The van der Waals surface area contributed by atoms with Crippen LogP contribution in [-0.2, 0) is 17.1 Å². The fraction of sp³-hybridized carbons (Fsp3) is 0.0800. The van der Waals surface area contributed by atoms with Gasteiger partial charge in [0, 0.05) is 52.2 Å². The molecule has 162 valence electrons. The van der Waals surface area contributed by atoms with Crippen LogP contribution >= 0.6 is 0 Å². The van der Waals surface area contributed by atoms with Gasteiger partial charge in [0.25, 0.3) is 15.6 Å². The molecule has 4 rings (SSSR count). The van der Waals surface area contributed by atoms with Gasteiger partial charge in [-0.05, 0) is 48.7 Å². The van der Waals surface area contributed by atoms with Gasteiger partial charge in [0.1, 0.15) is 0 Å². The van der Waals surface area contributed by atoms with E-state index in [-0.39, 0.29) is 5.56 Å². The molecule has 0 radical (unpaired) electrons. The number of pyridine rings is 1. The zero-order valence-corrected chi connectivity index (χ0v) is 18.6. The minimum atomic E-state index is -3.67. The number of aryl methyl sites for hydroxylation is 2. The average molecular weight is 446 g/mol. The molecule has 0 atom stereocenters. The minimum absolute atomic E-state index is 0.0964. The Morgan fingerprint density at radius 2 is 1.56 bits per heavy atom. The third-order valence-electron chi connectivity index (χ3n) is 5.21. The van der Waals surface area contributed by atoms with Crippen LogP contribution in [0.3, 0.4) is 0 Å². The number of rotatable bonds is 6. The number of aromatic nitrogens is 1. The molecule has 0 spiro atoms. The molecule has 6 nitrogen and oxygen atoms in total. The number of sulfonamides is 1. The number of nitrogens with one attached hydrogen (secondary N) is 2. The van der Waals surface area contributed by atoms with E-state index in [9.17, 15) is 13.2 Å². The van der Waals surface area contributed by atoms with Crippen LogP contribution in [0.5, 0.6) is 0 Å². The molecule has 0 saturated heterocycles. The Hall–Kier alpha value is -3.84. The van der Waals surface area contributed by atoms with E-state index in [1.807, 2.05) is 55.5 Å². The Balaban J connectivity index is 1.94. The molecule has 1 aromatic heterocycles. The molecule has 0 aliphatic carbocycles. The topological polar surface area (TPSA) is 80.2 Å². The normalized spacial score (nSPS) is 11.3. The van der Waals surface area contributed by atoms with E-state index < -0.39 is 10.0 Å². The molecule has 0 aliphatic rings. The second kappa shape index (κ2) is 8.36. The first kappa shape index (κ1) is 21.4. The predicted molar refractivity (Wildman–Crippen MR) is 132 cm³/mol. The summed E-state index contributed by atoms with van der Waals surface area (Å²) in [6.45, 7) is 5.37. The smallest absolute Gasteiger partial charge is 0.258 e. The van der Waals surface area contributed by atoms with Crippen molar-refractivity contribution in [1.29, 1.82) is 0 Å². The molecule has 0 fully saturated rings. The quantitative estimate of drug-likeness (QED) is 0.431. The minimum Gasteiger partial charge on any atom is -0.355 e. The second-order valence-electron chi connectivity index (χ2n) is 7.57. The van der Waals surface area contributed by atoms with Gasteiger partial charge in [0.05, 0.1) is 0 Å². The highest BCUT2D eigenvalue weighted by molar-refractivity contribution is 7.95. The van der Waals surface area contributed by atoms with Crippen molar-refractivity contribution in [2.45, 2.75) is 6.92 Å². The van der Waals surface area contributed by atoms with Crippen molar-refractivity contribution in [3.8, 4) is 11.1 Å². The Labute approximate surface area is 186 Å². The number of fused-ring (bicyclic) bond motifs is 1. The number of nitrogens with zero attached hydrogens (tertiary/aromatic N) is 1. The maximum Gasteiger partial charge on any atom is 0.258 e. The molecule has 0 bridgehead atoms. The van der Waals surface area contributed by atoms with Crippen LogP contribution in [-0.4, -0.2) is 13.0 Å². The summed E-state index contributed by atoms with van der Waals surface area (Å²) < 4.78 is 28.1. The standard InChI is InChI=1S/C25H23N3O3S/c1-4-32(30,31)27-19-13-14-24(26-18-11-9-17(2)10-12-18)22(15-19)23-16-28(3)25(29)21-8-6-5-7-20(21)23/h4-16,26-27H,1H2,2-3H3. The van der Waals surface area contributed by atoms with Gasteiger partial charge in [-0.1, -0.05) is 42.5 Å². The number of benzene rings is 3. The Morgan fingerprint density at radius 1 is 0.906 bits per heavy atom. The van der Waals surface area contributed by atoms with Gasteiger partial charge in [0.15, 0.2) is 0 Å². The SMILES string of the molecule is C=CS(=O)(=O)Nc1ccc(Nc2ccc(C)cc2)c(-c2cn(C)c(=O)c3ccccc23)c1. The van der Waals surface area contributed by atoms with Crippen LogP contribution < -0.4 is 15.6 Å². The van der Waals surface area contributed by atoms with E-state index in [1.165, 1.54) is 4.57 Å². The molecule has 3 aromatic carbocycles. The van der Waals surface area contributed by atoms with Crippen molar-refractivity contribution in [2.75, 3.05) is 10.0 Å². The Kier molecular flexibility index (Phi) is 5.59. The fourth-order valence-electron chi connectivity index (χ4n) is 3.57. The monoisotopic (exact) mass is 445 g/mol. The number of hydrogen-bond donors (Lipinski definition) is 2. The van der Waals surface area contributed by atoms with E-state index in [4.69, 9.17) is 0 Å². The lowest BCUT2D eigenvalue weighted by Crippen LogP contribution is -2.16. The number of hydrogen-bond acceptors (Lipinski definition) is 4. The van der Waals surface area contributed by atoms with Crippen molar-refractivity contribution in [3.63, 3.8) is 0 Å². The van der Waals surface area contributed by atoms with Gasteiger partial charge in [0.2, 0.25) is 0 Å². The van der Waals surface area contributed by atoms with Crippen LogP contribution in [0.4, 0.5) is 17.1 Å². The van der Waals surface area contributed by atoms with Gasteiger partial charge in [-0.2, -0.15) is 0 Å². The molecule has 0 saturated carbocycles. The summed E-state index contributed by atoms with van der Waals surface area (Å²) in [5.41, 5.74) is 4.67. The van der Waals surface area contributed by atoms with Gasteiger partial charge in [-0.25, -0.2) is 8.42 Å². The van der Waals surface area contributed by atoms with Gasteiger partial charge in [-0.15, -0.1) is 0 Å².